The van der Waals surface area contributed by atoms with Crippen molar-refractivity contribution in [1.82, 2.24) is 4.90 Å². The molecule has 0 aliphatic carbocycles. The van der Waals surface area contributed by atoms with Crippen LogP contribution in [0, 0.1) is 10.1 Å². The van der Waals surface area contributed by atoms with Crippen LogP contribution in [0.4, 0.5) is 24.5 Å². The van der Waals surface area contributed by atoms with E-state index in [1.54, 1.807) is 0 Å². The molecule has 0 bridgehead atoms. The van der Waals surface area contributed by atoms with E-state index in [0.29, 0.717) is 4.90 Å². The van der Waals surface area contributed by atoms with Crippen molar-refractivity contribution < 1.29 is 36.0 Å². The number of anilines is 1. The normalized spacial score (nSPS) is 18.2. The summed E-state index contributed by atoms with van der Waals surface area (Å²) in [6.45, 7) is -0.843. The average molecular weight is 412 g/mol. The first-order chi connectivity index (χ1) is 12.4. The fourth-order valence-corrected chi connectivity index (χ4v) is 2.95. The molecule has 1 amide bonds. The number of halogens is 3. The molecule has 1 aliphatic rings. The van der Waals surface area contributed by atoms with E-state index in [1.807, 2.05) is 0 Å². The molecule has 1 aromatic rings. The Morgan fingerprint density at radius 2 is 2.11 bits per heavy atom. The number of benzene rings is 1. The first-order valence-corrected chi connectivity index (χ1v) is 8.97. The highest BCUT2D eigenvalue weighted by Gasteiger charge is 2.43. The van der Waals surface area contributed by atoms with Crippen LogP contribution in [-0.2, 0) is 19.6 Å². The molecule has 2 rings (SSSR count). The molecule has 1 fully saturated rings. The number of nitro groups is 1. The van der Waals surface area contributed by atoms with Gasteiger partial charge in [-0.1, -0.05) is 0 Å². The van der Waals surface area contributed by atoms with E-state index < -0.39 is 43.7 Å². The largest absolute Gasteiger partial charge is 0.471 e. The molecule has 150 valence electrons. The molecular formula is C13H15F3N4O6S. The first-order valence-electron chi connectivity index (χ1n) is 7.42. The van der Waals surface area contributed by atoms with Gasteiger partial charge >= 0.3 is 12.1 Å². The highest BCUT2D eigenvalue weighted by Crippen LogP contribution is 2.27. The van der Waals surface area contributed by atoms with Gasteiger partial charge in [0.05, 0.1) is 22.5 Å². The summed E-state index contributed by atoms with van der Waals surface area (Å²) in [4.78, 5) is 21.7. The number of nitrogens with one attached hydrogen (secondary N) is 1. The lowest BCUT2D eigenvalue weighted by Crippen LogP contribution is -2.51. The van der Waals surface area contributed by atoms with Crippen molar-refractivity contribution in [2.75, 3.05) is 31.6 Å². The summed E-state index contributed by atoms with van der Waals surface area (Å²) in [5, 5.41) is 18.7. The van der Waals surface area contributed by atoms with Crippen LogP contribution in [0.25, 0.3) is 0 Å². The van der Waals surface area contributed by atoms with Crippen molar-refractivity contribution in [1.29, 1.82) is 0 Å². The fourth-order valence-electron chi connectivity index (χ4n) is 2.42. The van der Waals surface area contributed by atoms with E-state index in [1.165, 1.54) is 0 Å². The van der Waals surface area contributed by atoms with Crippen LogP contribution >= 0.6 is 0 Å². The smallest absolute Gasteiger partial charge is 0.377 e. The van der Waals surface area contributed by atoms with Gasteiger partial charge in [0.15, 0.2) is 0 Å². The number of carbonyl (C=O) groups excluding carboxylic acids is 1. The molecule has 1 saturated heterocycles. The summed E-state index contributed by atoms with van der Waals surface area (Å²) < 4.78 is 65.4. The molecule has 1 unspecified atom stereocenters. The zero-order valence-corrected chi connectivity index (χ0v) is 14.4. The highest BCUT2D eigenvalue weighted by molar-refractivity contribution is 7.89. The van der Waals surface area contributed by atoms with Gasteiger partial charge in [0, 0.05) is 25.7 Å². The van der Waals surface area contributed by atoms with Crippen molar-refractivity contribution >= 4 is 27.3 Å². The summed E-state index contributed by atoms with van der Waals surface area (Å²) >= 11 is 0. The molecule has 27 heavy (non-hydrogen) atoms. The van der Waals surface area contributed by atoms with Gasteiger partial charge in [-0.05, 0) is 12.1 Å². The van der Waals surface area contributed by atoms with Gasteiger partial charge in [-0.2, -0.15) is 13.2 Å². The number of morpholine rings is 1. The van der Waals surface area contributed by atoms with E-state index in [9.17, 15) is 36.5 Å². The Kier molecular flexibility index (Phi) is 5.91. The van der Waals surface area contributed by atoms with Crippen molar-refractivity contribution in [2.24, 2.45) is 5.14 Å². The monoisotopic (exact) mass is 412 g/mol. The third-order valence-corrected chi connectivity index (χ3v) is 4.59. The first kappa shape index (κ1) is 20.9. The highest BCUT2D eigenvalue weighted by atomic mass is 32.2. The van der Waals surface area contributed by atoms with Crippen molar-refractivity contribution in [3.63, 3.8) is 0 Å². The lowest BCUT2D eigenvalue weighted by Gasteiger charge is -2.33. The molecular weight excluding hydrogens is 397 g/mol. The minimum absolute atomic E-state index is 0.0738. The van der Waals surface area contributed by atoms with E-state index in [0.717, 1.165) is 18.2 Å². The Morgan fingerprint density at radius 3 is 2.67 bits per heavy atom. The van der Waals surface area contributed by atoms with E-state index >= 15 is 0 Å². The predicted molar refractivity (Wildman–Crippen MR) is 85.3 cm³/mol. The number of nitro benzene ring substituents is 1. The number of rotatable bonds is 5. The minimum atomic E-state index is -5.00. The number of hydrogen-bond donors (Lipinski definition) is 2. The van der Waals surface area contributed by atoms with Crippen LogP contribution in [0.3, 0.4) is 0 Å². The summed E-state index contributed by atoms with van der Waals surface area (Å²) in [7, 11) is -4.15. The standard InChI is InChI=1S/C13H15F3N4O6S/c14-13(15,16)12(21)19-3-4-26-8(7-19)6-18-10-2-1-9(27(17,24)25)5-11(10)20(22)23/h1-2,5,8,18H,3-4,6-7H2,(H2,17,24,25). The van der Waals surface area contributed by atoms with Gasteiger partial charge < -0.3 is 15.0 Å². The Morgan fingerprint density at radius 1 is 1.44 bits per heavy atom. The van der Waals surface area contributed by atoms with Crippen LogP contribution in [0.1, 0.15) is 0 Å². The van der Waals surface area contributed by atoms with Gasteiger partial charge in [-0.25, -0.2) is 13.6 Å². The summed E-state index contributed by atoms with van der Waals surface area (Å²) in [6, 6.07) is 2.92. The van der Waals surface area contributed by atoms with E-state index in [2.05, 4.69) is 5.32 Å². The third kappa shape index (κ3) is 5.27. The van der Waals surface area contributed by atoms with Gasteiger partial charge in [0.2, 0.25) is 10.0 Å². The molecule has 10 nitrogen and oxygen atoms in total. The molecule has 1 heterocycles. The average Bonchev–Trinajstić information content (AvgIpc) is 2.57. The molecule has 0 saturated carbocycles. The maximum atomic E-state index is 12.5. The number of alkyl halides is 3. The molecule has 14 heteroatoms. The van der Waals surface area contributed by atoms with Gasteiger partial charge in [-0.15, -0.1) is 0 Å². The third-order valence-electron chi connectivity index (χ3n) is 3.68. The number of sulfonamides is 1. The number of primary sulfonamides is 1. The van der Waals surface area contributed by atoms with Crippen LogP contribution in [0.5, 0.6) is 0 Å². The number of amides is 1. The lowest BCUT2D eigenvalue weighted by molar-refractivity contribution is -0.384. The van der Waals surface area contributed by atoms with Crippen molar-refractivity contribution in [3.8, 4) is 0 Å². The second kappa shape index (κ2) is 7.66. The summed E-state index contributed by atoms with van der Waals surface area (Å²) in [6.07, 6.45) is -5.85. The molecule has 1 atom stereocenters. The van der Waals surface area contributed by atoms with Crippen molar-refractivity contribution in [2.45, 2.75) is 17.2 Å². The summed E-state index contributed by atoms with van der Waals surface area (Å²) in [5.74, 6) is -1.99. The van der Waals surface area contributed by atoms with Gasteiger partial charge in [-0.3, -0.25) is 14.9 Å². The SMILES string of the molecule is NS(=O)(=O)c1ccc(NCC2CN(C(=O)C(F)(F)F)CCO2)c([N+](=O)[O-])c1. The number of nitrogens with two attached hydrogens (primary N) is 1. The Labute approximate surface area is 151 Å². The Hall–Kier alpha value is -2.45. The van der Waals surface area contributed by atoms with E-state index in [-0.39, 0.29) is 31.9 Å². The number of hydrogen-bond acceptors (Lipinski definition) is 7. The zero-order valence-electron chi connectivity index (χ0n) is 13.6. The van der Waals surface area contributed by atoms with Crippen LogP contribution in [0.2, 0.25) is 0 Å². The predicted octanol–water partition coefficient (Wildman–Crippen LogP) is 0.444. The van der Waals surface area contributed by atoms with Gasteiger partial charge in [0.25, 0.3) is 5.69 Å². The molecule has 0 spiro atoms. The zero-order chi connectivity index (χ0) is 20.4. The maximum Gasteiger partial charge on any atom is 0.471 e. The number of nitrogens with zero attached hydrogens (tertiary/aromatic N) is 2. The molecule has 0 radical (unpaired) electrons. The van der Waals surface area contributed by atoms with E-state index in [4.69, 9.17) is 9.88 Å². The second-order valence-corrected chi connectivity index (χ2v) is 7.17. The number of carbonyl (C=O) groups is 1. The van der Waals surface area contributed by atoms with Crippen LogP contribution in [0.15, 0.2) is 23.1 Å². The topological polar surface area (TPSA) is 145 Å². The Bertz CT molecular complexity index is 845. The van der Waals surface area contributed by atoms with Gasteiger partial charge in [0.1, 0.15) is 5.69 Å². The second-order valence-electron chi connectivity index (χ2n) is 5.60. The van der Waals surface area contributed by atoms with Crippen LogP contribution < -0.4 is 10.5 Å². The maximum absolute atomic E-state index is 12.5. The lowest BCUT2D eigenvalue weighted by atomic mass is 10.2. The number of ether oxygens (including phenoxy) is 1. The molecule has 1 aliphatic heterocycles. The fraction of sp³-hybridized carbons (Fsp3) is 0.462. The minimum Gasteiger partial charge on any atom is -0.377 e. The van der Waals surface area contributed by atoms with Crippen molar-refractivity contribution in [3.05, 3.63) is 28.3 Å². The quantitative estimate of drug-likeness (QED) is 0.527. The van der Waals surface area contributed by atoms with Crippen LogP contribution in [-0.4, -0.2) is 62.7 Å². The molecule has 3 N–H and O–H groups in total. The molecule has 0 aromatic heterocycles. The summed E-state index contributed by atoms with van der Waals surface area (Å²) in [5.41, 5.74) is -0.657. The molecule has 1 aromatic carbocycles. The Balaban J connectivity index is 2.10.